The van der Waals surface area contributed by atoms with Gasteiger partial charge in [0.1, 0.15) is 0 Å². The van der Waals surface area contributed by atoms with Crippen molar-refractivity contribution >= 4 is 47.3 Å². The third-order valence-electron chi connectivity index (χ3n) is 3.71. The first kappa shape index (κ1) is 20.5. The van der Waals surface area contributed by atoms with E-state index in [1.54, 1.807) is 7.05 Å². The standard InChI is InChI=1S/C18H22N6S.HI/c1-14-6-8-15(9-7-14)25-12-10-20-18(19-2)21-13-17-23-22-16-5-3-4-11-24(16)17;/h3-9,11H,10,12-13H2,1-2H3,(H2,19,20,21);1H. The van der Waals surface area contributed by atoms with Gasteiger partial charge in [0.25, 0.3) is 0 Å². The van der Waals surface area contributed by atoms with Crippen molar-refractivity contribution < 1.29 is 0 Å². The first-order valence-corrected chi connectivity index (χ1v) is 9.17. The van der Waals surface area contributed by atoms with E-state index in [-0.39, 0.29) is 24.0 Å². The minimum absolute atomic E-state index is 0. The molecule has 0 radical (unpaired) electrons. The van der Waals surface area contributed by atoms with Gasteiger partial charge in [0, 0.05) is 30.4 Å². The zero-order valence-corrected chi connectivity index (χ0v) is 18.0. The van der Waals surface area contributed by atoms with Crippen molar-refractivity contribution in [3.8, 4) is 0 Å². The number of thioether (sulfide) groups is 1. The van der Waals surface area contributed by atoms with Crippen LogP contribution in [0.3, 0.4) is 0 Å². The lowest BCUT2D eigenvalue weighted by molar-refractivity contribution is 0.773. The van der Waals surface area contributed by atoms with Crippen LogP contribution in [-0.2, 0) is 6.54 Å². The largest absolute Gasteiger partial charge is 0.356 e. The van der Waals surface area contributed by atoms with Crippen molar-refractivity contribution in [1.82, 2.24) is 25.2 Å². The summed E-state index contributed by atoms with van der Waals surface area (Å²) in [5.74, 6) is 2.59. The van der Waals surface area contributed by atoms with Crippen molar-refractivity contribution in [1.29, 1.82) is 0 Å². The number of rotatable bonds is 6. The van der Waals surface area contributed by atoms with Crippen molar-refractivity contribution in [2.24, 2.45) is 4.99 Å². The number of aliphatic imine (C=N–C) groups is 1. The quantitative estimate of drug-likeness (QED) is 0.186. The summed E-state index contributed by atoms with van der Waals surface area (Å²) in [6, 6.07) is 14.4. The number of nitrogens with one attached hydrogen (secondary N) is 2. The molecule has 0 atom stereocenters. The maximum absolute atomic E-state index is 4.25. The molecule has 3 rings (SSSR count). The molecule has 0 unspecified atom stereocenters. The van der Waals surface area contributed by atoms with Crippen LogP contribution < -0.4 is 10.6 Å². The summed E-state index contributed by atoms with van der Waals surface area (Å²) in [4.78, 5) is 5.53. The van der Waals surface area contributed by atoms with Gasteiger partial charge >= 0.3 is 0 Å². The molecular weight excluding hydrogens is 459 g/mol. The van der Waals surface area contributed by atoms with Crippen molar-refractivity contribution in [2.45, 2.75) is 18.4 Å². The highest BCUT2D eigenvalue weighted by atomic mass is 127. The van der Waals surface area contributed by atoms with Crippen LogP contribution in [0.25, 0.3) is 5.65 Å². The van der Waals surface area contributed by atoms with Gasteiger partial charge in [-0.3, -0.25) is 9.39 Å². The Labute approximate surface area is 174 Å². The van der Waals surface area contributed by atoms with Gasteiger partial charge in [-0.2, -0.15) is 0 Å². The fraction of sp³-hybridized carbons (Fsp3) is 0.278. The first-order chi connectivity index (χ1) is 12.3. The molecule has 0 fully saturated rings. The number of hydrogen-bond donors (Lipinski definition) is 2. The zero-order chi connectivity index (χ0) is 17.5. The zero-order valence-electron chi connectivity index (χ0n) is 14.8. The lowest BCUT2D eigenvalue weighted by Gasteiger charge is -2.11. The Morgan fingerprint density at radius 2 is 1.92 bits per heavy atom. The van der Waals surface area contributed by atoms with Crippen molar-refractivity contribution in [3.63, 3.8) is 0 Å². The van der Waals surface area contributed by atoms with Gasteiger partial charge in [0.15, 0.2) is 17.4 Å². The average molecular weight is 482 g/mol. The molecule has 2 heterocycles. The van der Waals surface area contributed by atoms with Gasteiger partial charge in [-0.05, 0) is 31.2 Å². The minimum Gasteiger partial charge on any atom is -0.356 e. The molecule has 0 aliphatic carbocycles. The van der Waals surface area contributed by atoms with E-state index >= 15 is 0 Å². The van der Waals surface area contributed by atoms with E-state index < -0.39 is 0 Å². The summed E-state index contributed by atoms with van der Waals surface area (Å²) < 4.78 is 1.97. The summed E-state index contributed by atoms with van der Waals surface area (Å²) in [6.45, 7) is 3.50. The van der Waals surface area contributed by atoms with Crippen LogP contribution >= 0.6 is 35.7 Å². The monoisotopic (exact) mass is 482 g/mol. The summed E-state index contributed by atoms with van der Waals surface area (Å²) in [5.41, 5.74) is 2.13. The predicted molar refractivity (Wildman–Crippen MR) is 119 cm³/mol. The Kier molecular flexibility index (Phi) is 8.17. The van der Waals surface area contributed by atoms with E-state index in [4.69, 9.17) is 0 Å². The SMILES string of the molecule is CN=C(NCCSc1ccc(C)cc1)NCc1nnc2ccccn12.I. The molecule has 0 bridgehead atoms. The second-order valence-electron chi connectivity index (χ2n) is 5.56. The number of pyridine rings is 1. The topological polar surface area (TPSA) is 66.6 Å². The van der Waals surface area contributed by atoms with E-state index in [0.29, 0.717) is 6.54 Å². The number of fused-ring (bicyclic) bond motifs is 1. The molecule has 26 heavy (non-hydrogen) atoms. The highest BCUT2D eigenvalue weighted by Gasteiger charge is 2.05. The van der Waals surface area contributed by atoms with E-state index in [9.17, 15) is 0 Å². The molecule has 6 nitrogen and oxygen atoms in total. The van der Waals surface area contributed by atoms with Gasteiger partial charge in [-0.1, -0.05) is 23.8 Å². The van der Waals surface area contributed by atoms with Crippen LogP contribution in [0.1, 0.15) is 11.4 Å². The summed E-state index contributed by atoms with van der Waals surface area (Å²) in [5, 5.41) is 15.0. The van der Waals surface area contributed by atoms with Crippen LogP contribution in [0.15, 0.2) is 58.5 Å². The van der Waals surface area contributed by atoms with E-state index in [2.05, 4.69) is 57.0 Å². The molecule has 0 aliphatic heterocycles. The van der Waals surface area contributed by atoms with Crippen molar-refractivity contribution in [3.05, 3.63) is 60.0 Å². The van der Waals surface area contributed by atoms with Gasteiger partial charge < -0.3 is 10.6 Å². The Morgan fingerprint density at radius 1 is 1.12 bits per heavy atom. The number of hydrogen-bond acceptors (Lipinski definition) is 4. The molecule has 0 saturated heterocycles. The molecule has 0 saturated carbocycles. The highest BCUT2D eigenvalue weighted by molar-refractivity contribution is 14.0. The molecule has 2 N–H and O–H groups in total. The lowest BCUT2D eigenvalue weighted by atomic mass is 10.2. The van der Waals surface area contributed by atoms with Gasteiger partial charge in [0.2, 0.25) is 0 Å². The predicted octanol–water partition coefficient (Wildman–Crippen LogP) is 3.11. The molecule has 3 aromatic rings. The molecule has 138 valence electrons. The second-order valence-corrected chi connectivity index (χ2v) is 6.73. The minimum atomic E-state index is 0. The lowest BCUT2D eigenvalue weighted by Crippen LogP contribution is -2.38. The second kappa shape index (κ2) is 10.4. The van der Waals surface area contributed by atoms with Gasteiger partial charge in [-0.25, -0.2) is 0 Å². The van der Waals surface area contributed by atoms with E-state index in [1.807, 2.05) is 40.6 Å². The third-order valence-corrected chi connectivity index (χ3v) is 4.72. The van der Waals surface area contributed by atoms with Crippen molar-refractivity contribution in [2.75, 3.05) is 19.3 Å². The average Bonchev–Trinajstić information content (AvgIpc) is 3.06. The first-order valence-electron chi connectivity index (χ1n) is 8.19. The number of nitrogens with zero attached hydrogens (tertiary/aromatic N) is 4. The molecule has 2 aromatic heterocycles. The number of aryl methyl sites for hydroxylation is 1. The van der Waals surface area contributed by atoms with E-state index in [1.165, 1.54) is 10.5 Å². The van der Waals surface area contributed by atoms with Crippen LogP contribution in [-0.4, -0.2) is 39.9 Å². The van der Waals surface area contributed by atoms with Crippen LogP contribution in [0.4, 0.5) is 0 Å². The van der Waals surface area contributed by atoms with E-state index in [0.717, 1.165) is 29.7 Å². The number of benzene rings is 1. The maximum Gasteiger partial charge on any atom is 0.191 e. The Bertz CT molecular complexity index is 846. The summed E-state index contributed by atoms with van der Waals surface area (Å²) >= 11 is 1.83. The fourth-order valence-corrected chi connectivity index (χ4v) is 3.14. The van der Waals surface area contributed by atoms with Crippen LogP contribution in [0.2, 0.25) is 0 Å². The smallest absolute Gasteiger partial charge is 0.191 e. The number of aromatic nitrogens is 3. The normalized spacial score (nSPS) is 11.2. The van der Waals surface area contributed by atoms with Gasteiger partial charge in [-0.15, -0.1) is 45.9 Å². The molecule has 0 amide bonds. The molecule has 0 spiro atoms. The van der Waals surface area contributed by atoms with Crippen LogP contribution in [0.5, 0.6) is 0 Å². The number of halogens is 1. The Hall–Kier alpha value is -1.81. The van der Waals surface area contributed by atoms with Gasteiger partial charge in [0.05, 0.1) is 6.54 Å². The third kappa shape index (κ3) is 5.60. The summed E-state index contributed by atoms with van der Waals surface area (Å²) in [7, 11) is 1.77. The Balaban J connectivity index is 0.00000243. The molecular formula is C18H23IN6S. The Morgan fingerprint density at radius 3 is 2.69 bits per heavy atom. The molecule has 0 aliphatic rings. The maximum atomic E-state index is 4.25. The van der Waals surface area contributed by atoms with Crippen LogP contribution in [0, 0.1) is 6.92 Å². The molecule has 1 aromatic carbocycles. The summed E-state index contributed by atoms with van der Waals surface area (Å²) in [6.07, 6.45) is 1.96. The molecule has 8 heteroatoms. The fourth-order valence-electron chi connectivity index (χ4n) is 2.37. The highest BCUT2D eigenvalue weighted by Crippen LogP contribution is 2.17. The number of guanidine groups is 1.